The SMILES string of the molecule is C=CN1CCC(=C2c3ccccc3CCn3c(C(=O)O)cnc32)CC1. The molecule has 0 saturated carbocycles. The van der Waals surface area contributed by atoms with Gasteiger partial charge in [0.25, 0.3) is 0 Å². The van der Waals surface area contributed by atoms with Crippen LogP contribution in [0.15, 0.2) is 48.8 Å². The van der Waals surface area contributed by atoms with Crippen molar-refractivity contribution >= 4 is 11.5 Å². The summed E-state index contributed by atoms with van der Waals surface area (Å²) < 4.78 is 1.87. The molecule has 1 saturated heterocycles. The maximum Gasteiger partial charge on any atom is 0.354 e. The number of carboxylic acid groups (broad SMARTS) is 1. The van der Waals surface area contributed by atoms with Crippen LogP contribution in [0.2, 0.25) is 0 Å². The highest BCUT2D eigenvalue weighted by molar-refractivity contribution is 5.88. The third-order valence-electron chi connectivity index (χ3n) is 5.20. The molecule has 0 atom stereocenters. The van der Waals surface area contributed by atoms with Gasteiger partial charge in [-0.25, -0.2) is 9.78 Å². The van der Waals surface area contributed by atoms with Gasteiger partial charge in [0.05, 0.1) is 6.20 Å². The molecule has 2 aromatic rings. The van der Waals surface area contributed by atoms with Gasteiger partial charge in [-0.05, 0) is 36.6 Å². The molecule has 1 N–H and O–H groups in total. The van der Waals surface area contributed by atoms with E-state index in [2.05, 4.69) is 34.7 Å². The first kappa shape index (κ1) is 15.7. The second-order valence-electron chi connectivity index (χ2n) is 6.53. The summed E-state index contributed by atoms with van der Waals surface area (Å²) in [6.45, 7) is 6.39. The van der Waals surface area contributed by atoms with Crippen molar-refractivity contribution in [2.45, 2.75) is 25.8 Å². The minimum absolute atomic E-state index is 0.268. The summed E-state index contributed by atoms with van der Waals surface area (Å²) in [5, 5.41) is 9.51. The number of likely N-dealkylation sites (tertiary alicyclic amines) is 1. The van der Waals surface area contributed by atoms with E-state index in [0.29, 0.717) is 6.54 Å². The number of benzene rings is 1. The standard InChI is InChI=1S/C20H21N3O2/c1-2-22-10-7-15(8-11-22)18-16-6-4-3-5-14(16)9-12-23-17(20(24)25)13-21-19(18)23/h2-6,13H,1,7-12H2,(H,24,25). The molecule has 128 valence electrons. The summed E-state index contributed by atoms with van der Waals surface area (Å²) in [4.78, 5) is 18.3. The Bertz CT molecular complexity index is 869. The molecule has 1 aromatic heterocycles. The number of rotatable bonds is 2. The Morgan fingerprint density at radius 2 is 1.92 bits per heavy atom. The highest BCUT2D eigenvalue weighted by atomic mass is 16.4. The molecule has 5 heteroatoms. The Morgan fingerprint density at radius 3 is 2.64 bits per heavy atom. The smallest absolute Gasteiger partial charge is 0.354 e. The summed E-state index contributed by atoms with van der Waals surface area (Å²) in [5.41, 5.74) is 5.22. The third-order valence-corrected chi connectivity index (χ3v) is 5.20. The van der Waals surface area contributed by atoms with Crippen LogP contribution in [0.1, 0.15) is 40.3 Å². The monoisotopic (exact) mass is 335 g/mol. The molecule has 2 aliphatic rings. The van der Waals surface area contributed by atoms with E-state index in [9.17, 15) is 9.90 Å². The lowest BCUT2D eigenvalue weighted by Gasteiger charge is -2.28. The molecule has 1 aromatic carbocycles. The number of aryl methyl sites for hydroxylation is 1. The Labute approximate surface area is 146 Å². The number of piperidine rings is 1. The number of hydrogen-bond donors (Lipinski definition) is 1. The molecule has 3 heterocycles. The molecule has 2 aliphatic heterocycles. The van der Waals surface area contributed by atoms with Gasteiger partial charge in [-0.15, -0.1) is 0 Å². The minimum atomic E-state index is -0.921. The fraction of sp³-hybridized carbons (Fsp3) is 0.300. The zero-order chi connectivity index (χ0) is 17.4. The number of aromatic carboxylic acids is 1. The van der Waals surface area contributed by atoms with E-state index in [4.69, 9.17) is 0 Å². The molecule has 0 amide bonds. The fourth-order valence-corrected chi connectivity index (χ4v) is 3.88. The van der Waals surface area contributed by atoms with E-state index in [0.717, 1.165) is 43.7 Å². The summed E-state index contributed by atoms with van der Waals surface area (Å²) >= 11 is 0. The van der Waals surface area contributed by atoms with Crippen LogP contribution < -0.4 is 0 Å². The molecule has 25 heavy (non-hydrogen) atoms. The van der Waals surface area contributed by atoms with Crippen LogP contribution in [-0.4, -0.2) is 38.6 Å². The molecule has 0 bridgehead atoms. The van der Waals surface area contributed by atoms with Gasteiger partial charge in [0.15, 0.2) is 0 Å². The highest BCUT2D eigenvalue weighted by Crippen LogP contribution is 2.36. The van der Waals surface area contributed by atoms with Crippen LogP contribution >= 0.6 is 0 Å². The van der Waals surface area contributed by atoms with Crippen molar-refractivity contribution in [1.29, 1.82) is 0 Å². The van der Waals surface area contributed by atoms with Gasteiger partial charge in [-0.2, -0.15) is 0 Å². The van der Waals surface area contributed by atoms with Crippen LogP contribution in [-0.2, 0) is 13.0 Å². The number of aromatic nitrogens is 2. The molecule has 0 aliphatic carbocycles. The van der Waals surface area contributed by atoms with Gasteiger partial charge >= 0.3 is 5.97 Å². The molecule has 0 spiro atoms. The predicted octanol–water partition coefficient (Wildman–Crippen LogP) is 3.18. The lowest BCUT2D eigenvalue weighted by molar-refractivity contribution is 0.0685. The lowest BCUT2D eigenvalue weighted by atomic mass is 9.90. The third kappa shape index (κ3) is 2.65. The van der Waals surface area contributed by atoms with E-state index in [1.165, 1.54) is 22.9 Å². The van der Waals surface area contributed by atoms with Crippen molar-refractivity contribution in [3.8, 4) is 0 Å². The van der Waals surface area contributed by atoms with Crippen molar-refractivity contribution in [1.82, 2.24) is 14.5 Å². The number of carboxylic acids is 1. The topological polar surface area (TPSA) is 58.4 Å². The van der Waals surface area contributed by atoms with Crippen LogP contribution in [0.25, 0.3) is 5.57 Å². The summed E-state index contributed by atoms with van der Waals surface area (Å²) in [7, 11) is 0. The van der Waals surface area contributed by atoms with Gasteiger partial charge in [0.1, 0.15) is 11.5 Å². The van der Waals surface area contributed by atoms with E-state index in [1.807, 2.05) is 16.8 Å². The average Bonchev–Trinajstić information content (AvgIpc) is 2.98. The largest absolute Gasteiger partial charge is 0.477 e. The van der Waals surface area contributed by atoms with Gasteiger partial charge in [-0.3, -0.25) is 0 Å². The number of nitrogens with zero attached hydrogens (tertiary/aromatic N) is 3. The summed E-state index contributed by atoms with van der Waals surface area (Å²) in [5.74, 6) is -0.125. The second-order valence-corrected chi connectivity index (χ2v) is 6.53. The Morgan fingerprint density at radius 1 is 1.16 bits per heavy atom. The van der Waals surface area contributed by atoms with Crippen LogP contribution in [0, 0.1) is 0 Å². The maximum absolute atomic E-state index is 11.6. The van der Waals surface area contributed by atoms with Crippen molar-refractivity contribution in [2.24, 2.45) is 0 Å². The summed E-state index contributed by atoms with van der Waals surface area (Å²) in [6.07, 6.45) is 6.10. The first-order valence-corrected chi connectivity index (χ1v) is 8.65. The van der Waals surface area contributed by atoms with Crippen molar-refractivity contribution in [3.63, 3.8) is 0 Å². The average molecular weight is 335 g/mol. The van der Waals surface area contributed by atoms with Crippen molar-refractivity contribution in [3.05, 3.63) is 71.5 Å². The second kappa shape index (κ2) is 6.24. The highest BCUT2D eigenvalue weighted by Gasteiger charge is 2.27. The first-order valence-electron chi connectivity index (χ1n) is 8.65. The molecule has 1 fully saturated rings. The van der Waals surface area contributed by atoms with E-state index < -0.39 is 5.97 Å². The molecule has 4 rings (SSSR count). The zero-order valence-corrected chi connectivity index (χ0v) is 14.1. The Balaban J connectivity index is 1.90. The Hall–Kier alpha value is -2.82. The molecule has 0 unspecified atom stereocenters. The zero-order valence-electron chi connectivity index (χ0n) is 14.1. The van der Waals surface area contributed by atoms with Gasteiger partial charge < -0.3 is 14.6 Å². The first-order chi connectivity index (χ1) is 12.2. The van der Waals surface area contributed by atoms with Crippen LogP contribution in [0.3, 0.4) is 0 Å². The quantitative estimate of drug-likeness (QED) is 0.916. The van der Waals surface area contributed by atoms with E-state index >= 15 is 0 Å². The predicted molar refractivity (Wildman–Crippen MR) is 96.4 cm³/mol. The number of carbonyl (C=O) groups is 1. The fourth-order valence-electron chi connectivity index (χ4n) is 3.88. The van der Waals surface area contributed by atoms with Gasteiger partial charge in [0, 0.05) is 25.2 Å². The van der Waals surface area contributed by atoms with Crippen molar-refractivity contribution in [2.75, 3.05) is 13.1 Å². The number of imidazole rings is 1. The maximum atomic E-state index is 11.6. The molecule has 5 nitrogen and oxygen atoms in total. The van der Waals surface area contributed by atoms with E-state index in [1.54, 1.807) is 0 Å². The number of hydrogen-bond acceptors (Lipinski definition) is 3. The normalized spacial score (nSPS) is 16.9. The lowest BCUT2D eigenvalue weighted by Crippen LogP contribution is -2.26. The molecular weight excluding hydrogens is 314 g/mol. The van der Waals surface area contributed by atoms with Gasteiger partial charge in [-0.1, -0.05) is 36.4 Å². The summed E-state index contributed by atoms with van der Waals surface area (Å²) in [6, 6.07) is 8.38. The number of fused-ring (bicyclic) bond motifs is 2. The van der Waals surface area contributed by atoms with Gasteiger partial charge in [0.2, 0.25) is 0 Å². The Kier molecular flexibility index (Phi) is 3.92. The van der Waals surface area contributed by atoms with Crippen LogP contribution in [0.5, 0.6) is 0 Å². The van der Waals surface area contributed by atoms with Crippen molar-refractivity contribution < 1.29 is 9.90 Å². The molecule has 0 radical (unpaired) electrons. The van der Waals surface area contributed by atoms with Crippen LogP contribution in [0.4, 0.5) is 0 Å². The molecular formula is C20H21N3O2. The minimum Gasteiger partial charge on any atom is -0.477 e. The van der Waals surface area contributed by atoms with E-state index in [-0.39, 0.29) is 5.69 Å².